The standard InChI is InChI=1S/C11H18N2O4S2/c1-9(14)8-13(2)10(15)5-6-12-19(16,17)11-4-3-7-18-11/h3-4,7,9,12,14H,5-6,8H2,1-2H3. The topological polar surface area (TPSA) is 86.7 Å². The van der Waals surface area contributed by atoms with Crippen LogP contribution in [0.4, 0.5) is 0 Å². The maximum absolute atomic E-state index is 11.8. The third kappa shape index (κ3) is 5.27. The van der Waals surface area contributed by atoms with Gasteiger partial charge >= 0.3 is 0 Å². The first-order valence-corrected chi connectivity index (χ1v) is 8.14. The Morgan fingerprint density at radius 2 is 2.26 bits per heavy atom. The molecule has 0 aliphatic rings. The molecule has 108 valence electrons. The third-order valence-corrected chi connectivity index (χ3v) is 5.21. The van der Waals surface area contributed by atoms with Gasteiger partial charge in [0.15, 0.2) is 0 Å². The molecule has 0 bridgehead atoms. The molecule has 19 heavy (non-hydrogen) atoms. The van der Waals surface area contributed by atoms with Gasteiger partial charge in [-0.05, 0) is 18.4 Å². The summed E-state index contributed by atoms with van der Waals surface area (Å²) >= 11 is 1.12. The molecular formula is C11H18N2O4S2. The maximum Gasteiger partial charge on any atom is 0.250 e. The zero-order chi connectivity index (χ0) is 14.5. The highest BCUT2D eigenvalue weighted by molar-refractivity contribution is 7.91. The SMILES string of the molecule is CC(O)CN(C)C(=O)CCNS(=O)(=O)c1cccs1. The number of aliphatic hydroxyl groups excluding tert-OH is 1. The molecule has 8 heteroatoms. The van der Waals surface area contributed by atoms with Crippen molar-refractivity contribution in [2.75, 3.05) is 20.1 Å². The van der Waals surface area contributed by atoms with Gasteiger partial charge in [-0.15, -0.1) is 11.3 Å². The Kier molecular flexibility index (Phi) is 5.92. The summed E-state index contributed by atoms with van der Waals surface area (Å²) in [5.74, 6) is -0.213. The van der Waals surface area contributed by atoms with Crippen molar-refractivity contribution in [2.24, 2.45) is 0 Å². The first kappa shape index (κ1) is 16.1. The number of nitrogens with one attached hydrogen (secondary N) is 1. The fraction of sp³-hybridized carbons (Fsp3) is 0.545. The predicted molar refractivity (Wildman–Crippen MR) is 73.4 cm³/mol. The zero-order valence-corrected chi connectivity index (χ0v) is 12.5. The molecule has 0 spiro atoms. The molecule has 2 N–H and O–H groups in total. The lowest BCUT2D eigenvalue weighted by atomic mass is 10.3. The summed E-state index contributed by atoms with van der Waals surface area (Å²) in [6, 6.07) is 3.16. The van der Waals surface area contributed by atoms with E-state index in [0.717, 1.165) is 11.3 Å². The van der Waals surface area contributed by atoms with E-state index in [9.17, 15) is 13.2 Å². The summed E-state index contributed by atoms with van der Waals surface area (Å²) in [6.07, 6.45) is -0.537. The van der Waals surface area contributed by atoms with Gasteiger partial charge in [-0.2, -0.15) is 0 Å². The van der Waals surface area contributed by atoms with Crippen molar-refractivity contribution in [2.45, 2.75) is 23.7 Å². The van der Waals surface area contributed by atoms with Gasteiger partial charge in [0.2, 0.25) is 15.9 Å². The molecule has 0 aromatic carbocycles. The van der Waals surface area contributed by atoms with E-state index in [-0.39, 0.29) is 29.6 Å². The second-order valence-corrected chi connectivity index (χ2v) is 7.14. The van der Waals surface area contributed by atoms with Crippen LogP contribution in [0.3, 0.4) is 0 Å². The van der Waals surface area contributed by atoms with Gasteiger partial charge in [0.1, 0.15) is 4.21 Å². The van der Waals surface area contributed by atoms with Crippen LogP contribution in [-0.2, 0) is 14.8 Å². The Morgan fingerprint density at radius 1 is 1.58 bits per heavy atom. The Balaban J connectivity index is 2.40. The van der Waals surface area contributed by atoms with Crippen molar-refractivity contribution >= 4 is 27.3 Å². The number of rotatable bonds is 7. The highest BCUT2D eigenvalue weighted by Crippen LogP contribution is 2.14. The van der Waals surface area contributed by atoms with Gasteiger partial charge in [0, 0.05) is 26.6 Å². The quantitative estimate of drug-likeness (QED) is 0.756. The fourth-order valence-corrected chi connectivity index (χ4v) is 3.54. The van der Waals surface area contributed by atoms with Gasteiger partial charge < -0.3 is 10.0 Å². The lowest BCUT2D eigenvalue weighted by Gasteiger charge is -2.18. The van der Waals surface area contributed by atoms with Crippen LogP contribution in [0.5, 0.6) is 0 Å². The van der Waals surface area contributed by atoms with Crippen molar-refractivity contribution in [1.29, 1.82) is 0 Å². The van der Waals surface area contributed by atoms with Crippen molar-refractivity contribution in [3.63, 3.8) is 0 Å². The minimum absolute atomic E-state index is 0.0449. The van der Waals surface area contributed by atoms with Crippen molar-refractivity contribution in [3.05, 3.63) is 17.5 Å². The van der Waals surface area contributed by atoms with Crippen molar-refractivity contribution < 1.29 is 18.3 Å². The number of sulfonamides is 1. The monoisotopic (exact) mass is 306 g/mol. The molecule has 1 rings (SSSR count). The van der Waals surface area contributed by atoms with Crippen LogP contribution in [0.2, 0.25) is 0 Å². The van der Waals surface area contributed by atoms with Gasteiger partial charge in [-0.25, -0.2) is 13.1 Å². The van der Waals surface area contributed by atoms with E-state index in [1.165, 1.54) is 11.0 Å². The summed E-state index contributed by atoms with van der Waals surface area (Å²) in [5, 5.41) is 10.8. The molecule has 1 aromatic heterocycles. The number of hydrogen-bond acceptors (Lipinski definition) is 5. The molecule has 0 aliphatic heterocycles. The van der Waals surface area contributed by atoms with Crippen molar-refractivity contribution in [1.82, 2.24) is 9.62 Å². The van der Waals surface area contributed by atoms with Crippen LogP contribution in [0.1, 0.15) is 13.3 Å². The van der Waals surface area contributed by atoms with Gasteiger partial charge in [-0.3, -0.25) is 4.79 Å². The fourth-order valence-electron chi connectivity index (χ4n) is 1.47. The second-order valence-electron chi connectivity index (χ2n) is 4.20. The van der Waals surface area contributed by atoms with E-state index >= 15 is 0 Å². The summed E-state index contributed by atoms with van der Waals surface area (Å²) in [6.45, 7) is 1.86. The second kappa shape index (κ2) is 6.99. The molecule has 0 aliphatic carbocycles. The summed E-state index contributed by atoms with van der Waals surface area (Å²) in [4.78, 5) is 13.0. The van der Waals surface area contributed by atoms with Gasteiger partial charge in [0.05, 0.1) is 6.10 Å². The number of nitrogens with zero attached hydrogens (tertiary/aromatic N) is 1. The van der Waals surface area contributed by atoms with Crippen LogP contribution >= 0.6 is 11.3 Å². The first-order valence-electron chi connectivity index (χ1n) is 5.78. The average Bonchev–Trinajstić information content (AvgIpc) is 2.81. The Bertz CT molecular complexity index is 497. The van der Waals surface area contributed by atoms with Crippen LogP contribution in [-0.4, -0.2) is 50.6 Å². The summed E-state index contributed by atoms with van der Waals surface area (Å²) in [7, 11) is -1.94. The summed E-state index contributed by atoms with van der Waals surface area (Å²) < 4.78 is 26.1. The minimum atomic E-state index is -3.51. The zero-order valence-electron chi connectivity index (χ0n) is 10.9. The number of aliphatic hydroxyl groups is 1. The molecule has 0 fully saturated rings. The first-order chi connectivity index (χ1) is 8.83. The lowest BCUT2D eigenvalue weighted by Crippen LogP contribution is -2.35. The number of carbonyl (C=O) groups is 1. The van der Waals surface area contributed by atoms with E-state index < -0.39 is 16.1 Å². The highest BCUT2D eigenvalue weighted by atomic mass is 32.2. The van der Waals surface area contributed by atoms with Gasteiger partial charge in [0.25, 0.3) is 0 Å². The highest BCUT2D eigenvalue weighted by Gasteiger charge is 2.16. The van der Waals surface area contributed by atoms with Crippen molar-refractivity contribution in [3.8, 4) is 0 Å². The van der Waals surface area contributed by atoms with Crippen LogP contribution in [0.15, 0.2) is 21.7 Å². The Labute approximate surface area is 117 Å². The molecule has 6 nitrogen and oxygen atoms in total. The molecule has 1 atom stereocenters. The van der Waals surface area contributed by atoms with E-state index in [2.05, 4.69) is 4.72 Å². The number of thiophene rings is 1. The minimum Gasteiger partial charge on any atom is -0.392 e. The number of amides is 1. The summed E-state index contributed by atoms with van der Waals surface area (Å²) in [5.41, 5.74) is 0. The number of hydrogen-bond donors (Lipinski definition) is 2. The Hall–Kier alpha value is -0.960. The molecule has 0 saturated carbocycles. The van der Waals surface area contributed by atoms with Crippen LogP contribution in [0, 0.1) is 0 Å². The maximum atomic E-state index is 11.8. The Morgan fingerprint density at radius 3 is 2.79 bits per heavy atom. The third-order valence-electron chi connectivity index (χ3n) is 2.35. The largest absolute Gasteiger partial charge is 0.392 e. The number of carbonyl (C=O) groups excluding carboxylic acids is 1. The average molecular weight is 306 g/mol. The molecule has 1 amide bonds. The molecule has 1 aromatic rings. The number of likely N-dealkylation sites (N-methyl/N-ethyl adjacent to an activating group) is 1. The lowest BCUT2D eigenvalue weighted by molar-refractivity contribution is -0.130. The van der Waals surface area contributed by atoms with Crippen LogP contribution in [0.25, 0.3) is 0 Å². The molecule has 0 radical (unpaired) electrons. The van der Waals surface area contributed by atoms with E-state index in [1.54, 1.807) is 25.4 Å². The smallest absolute Gasteiger partial charge is 0.250 e. The normalized spacial score (nSPS) is 13.2. The molecule has 1 heterocycles. The molecule has 1 unspecified atom stereocenters. The predicted octanol–water partition coefficient (Wildman–Crippen LogP) is 0.256. The van der Waals surface area contributed by atoms with Crippen LogP contribution < -0.4 is 4.72 Å². The van der Waals surface area contributed by atoms with E-state index in [0.29, 0.717) is 0 Å². The van der Waals surface area contributed by atoms with Gasteiger partial charge in [-0.1, -0.05) is 6.07 Å². The van der Waals surface area contributed by atoms with E-state index in [4.69, 9.17) is 5.11 Å². The molecular weight excluding hydrogens is 288 g/mol. The van der Waals surface area contributed by atoms with E-state index in [1.807, 2.05) is 0 Å². The molecule has 0 saturated heterocycles.